The Labute approximate surface area is 152 Å². The number of ether oxygens (including phenoxy) is 1. The predicted octanol–water partition coefficient (Wildman–Crippen LogP) is 3.16. The Morgan fingerprint density at radius 2 is 1.80 bits per heavy atom. The Kier molecular flexibility index (Phi) is 6.74. The largest absolute Gasteiger partial charge is 0.497 e. The van der Waals surface area contributed by atoms with Crippen LogP contribution < -0.4 is 10.1 Å². The van der Waals surface area contributed by atoms with Gasteiger partial charge in [0.15, 0.2) is 0 Å². The molecule has 0 spiro atoms. The molecule has 0 bridgehead atoms. The first kappa shape index (κ1) is 18.7. The average Bonchev–Trinajstić information content (AvgIpc) is 2.67. The fourth-order valence-corrected chi connectivity index (χ4v) is 4.35. The Bertz CT molecular complexity index is 511. The predicted molar refractivity (Wildman–Crippen MR) is 102 cm³/mol. The molecule has 1 aliphatic heterocycles. The normalized spacial score (nSPS) is 27.2. The first-order chi connectivity index (χ1) is 12.2. The Balaban J connectivity index is 1.41. The van der Waals surface area contributed by atoms with Crippen LogP contribution in [0.4, 0.5) is 0 Å². The van der Waals surface area contributed by atoms with Gasteiger partial charge in [-0.25, -0.2) is 0 Å². The smallest absolute Gasteiger partial charge is 0.118 e. The summed E-state index contributed by atoms with van der Waals surface area (Å²) in [5.41, 5.74) is 1.36. The van der Waals surface area contributed by atoms with Gasteiger partial charge in [-0.1, -0.05) is 31.9 Å². The molecule has 1 saturated carbocycles. The number of hydrogen-bond acceptors (Lipinski definition) is 4. The van der Waals surface area contributed by atoms with Crippen molar-refractivity contribution in [2.24, 2.45) is 0 Å². The minimum atomic E-state index is -0.103. The highest BCUT2D eigenvalue weighted by Gasteiger charge is 2.31. The number of likely N-dealkylation sites (tertiary alicyclic amines) is 1. The van der Waals surface area contributed by atoms with E-state index in [0.29, 0.717) is 18.0 Å². The molecule has 1 saturated heterocycles. The van der Waals surface area contributed by atoms with Crippen LogP contribution in [0.25, 0.3) is 0 Å². The van der Waals surface area contributed by atoms with Crippen LogP contribution in [-0.2, 0) is 0 Å². The third-order valence-electron chi connectivity index (χ3n) is 6.09. The summed E-state index contributed by atoms with van der Waals surface area (Å²) in [5, 5.41) is 14.0. The molecule has 1 aliphatic carbocycles. The second-order valence-electron chi connectivity index (χ2n) is 7.81. The van der Waals surface area contributed by atoms with E-state index in [1.54, 1.807) is 7.11 Å². The highest BCUT2D eigenvalue weighted by Crippen LogP contribution is 2.26. The summed E-state index contributed by atoms with van der Waals surface area (Å²) >= 11 is 0. The number of benzene rings is 1. The molecule has 2 fully saturated rings. The lowest BCUT2D eigenvalue weighted by Gasteiger charge is -2.41. The van der Waals surface area contributed by atoms with E-state index in [-0.39, 0.29) is 6.10 Å². The molecule has 4 nitrogen and oxygen atoms in total. The molecular weight excluding hydrogens is 312 g/mol. The highest BCUT2D eigenvalue weighted by atomic mass is 16.5. The molecular formula is C21H34N2O2. The minimum absolute atomic E-state index is 0.103. The van der Waals surface area contributed by atoms with Crippen molar-refractivity contribution in [3.63, 3.8) is 0 Å². The molecule has 4 heteroatoms. The van der Waals surface area contributed by atoms with Crippen molar-refractivity contribution < 1.29 is 9.84 Å². The quantitative estimate of drug-likeness (QED) is 0.830. The van der Waals surface area contributed by atoms with Crippen molar-refractivity contribution in [2.45, 2.75) is 69.6 Å². The lowest BCUT2D eigenvalue weighted by atomic mass is 9.89. The second kappa shape index (κ2) is 9.02. The molecule has 3 atom stereocenters. The zero-order valence-corrected chi connectivity index (χ0v) is 15.8. The van der Waals surface area contributed by atoms with E-state index in [4.69, 9.17) is 4.74 Å². The molecule has 0 amide bonds. The van der Waals surface area contributed by atoms with E-state index in [9.17, 15) is 5.11 Å². The van der Waals surface area contributed by atoms with Crippen molar-refractivity contribution in [3.8, 4) is 5.75 Å². The fourth-order valence-electron chi connectivity index (χ4n) is 4.35. The summed E-state index contributed by atoms with van der Waals surface area (Å²) in [6.45, 7) is 5.54. The van der Waals surface area contributed by atoms with Crippen LogP contribution in [-0.4, -0.2) is 54.9 Å². The number of aliphatic hydroxyl groups is 1. The zero-order chi connectivity index (χ0) is 17.6. The highest BCUT2D eigenvalue weighted by molar-refractivity contribution is 5.29. The summed E-state index contributed by atoms with van der Waals surface area (Å²) in [4.78, 5) is 2.54. The molecule has 1 aromatic rings. The van der Waals surface area contributed by atoms with Gasteiger partial charge in [0.1, 0.15) is 5.75 Å². The molecule has 1 heterocycles. The van der Waals surface area contributed by atoms with Crippen molar-refractivity contribution in [1.29, 1.82) is 0 Å². The monoisotopic (exact) mass is 346 g/mol. The molecule has 140 valence electrons. The molecule has 3 rings (SSSR count). The van der Waals surface area contributed by atoms with E-state index < -0.39 is 0 Å². The van der Waals surface area contributed by atoms with E-state index in [1.165, 1.54) is 37.7 Å². The maximum absolute atomic E-state index is 10.3. The van der Waals surface area contributed by atoms with Crippen molar-refractivity contribution in [1.82, 2.24) is 10.2 Å². The molecule has 25 heavy (non-hydrogen) atoms. The van der Waals surface area contributed by atoms with Crippen LogP contribution in [0.1, 0.15) is 56.9 Å². The first-order valence-corrected chi connectivity index (χ1v) is 9.97. The number of piperidine rings is 1. The summed E-state index contributed by atoms with van der Waals surface area (Å²) < 4.78 is 5.23. The Morgan fingerprint density at radius 3 is 2.44 bits per heavy atom. The van der Waals surface area contributed by atoms with Crippen LogP contribution in [0.2, 0.25) is 0 Å². The van der Waals surface area contributed by atoms with Gasteiger partial charge in [0, 0.05) is 31.7 Å². The van der Waals surface area contributed by atoms with Gasteiger partial charge in [-0.05, 0) is 49.3 Å². The van der Waals surface area contributed by atoms with E-state index in [1.807, 2.05) is 12.1 Å². The summed E-state index contributed by atoms with van der Waals surface area (Å²) in [6.07, 6.45) is 6.92. The molecule has 0 radical (unpaired) electrons. The van der Waals surface area contributed by atoms with Crippen LogP contribution in [0.5, 0.6) is 5.75 Å². The maximum Gasteiger partial charge on any atom is 0.118 e. The molecule has 1 aromatic carbocycles. The number of nitrogens with zero attached hydrogens (tertiary/aromatic N) is 1. The zero-order valence-electron chi connectivity index (χ0n) is 15.8. The van der Waals surface area contributed by atoms with Gasteiger partial charge >= 0.3 is 0 Å². The standard InChI is InChI=1S/C21H34N2O2/c1-16(17-7-9-19(25-2)10-8-17)15-22-18-11-13-23(14-12-18)20-5-3-4-6-21(20)24/h7-10,16,18,20-22,24H,3-6,11-15H2,1-2H3. The van der Waals surface area contributed by atoms with Gasteiger partial charge in [0.25, 0.3) is 0 Å². The minimum Gasteiger partial charge on any atom is -0.497 e. The van der Waals surface area contributed by atoms with Gasteiger partial charge < -0.3 is 15.2 Å². The number of rotatable bonds is 6. The molecule has 3 unspecified atom stereocenters. The van der Waals surface area contributed by atoms with Crippen molar-refractivity contribution in [3.05, 3.63) is 29.8 Å². The third-order valence-corrected chi connectivity index (χ3v) is 6.09. The third kappa shape index (κ3) is 4.96. The van der Waals surface area contributed by atoms with Gasteiger partial charge in [-0.3, -0.25) is 4.90 Å². The van der Waals surface area contributed by atoms with Crippen LogP contribution in [0.3, 0.4) is 0 Å². The molecule has 0 aromatic heterocycles. The van der Waals surface area contributed by atoms with Crippen molar-refractivity contribution >= 4 is 0 Å². The number of aliphatic hydroxyl groups excluding tert-OH is 1. The summed E-state index contributed by atoms with van der Waals surface area (Å²) in [6, 6.07) is 9.43. The Hall–Kier alpha value is -1.10. The fraction of sp³-hybridized carbons (Fsp3) is 0.714. The topological polar surface area (TPSA) is 44.7 Å². The van der Waals surface area contributed by atoms with Gasteiger partial charge in [-0.15, -0.1) is 0 Å². The molecule has 2 N–H and O–H groups in total. The summed E-state index contributed by atoms with van der Waals surface area (Å²) in [7, 11) is 1.71. The van der Waals surface area contributed by atoms with E-state index in [2.05, 4.69) is 29.3 Å². The first-order valence-electron chi connectivity index (χ1n) is 9.97. The van der Waals surface area contributed by atoms with Crippen LogP contribution >= 0.6 is 0 Å². The SMILES string of the molecule is COc1ccc(C(C)CNC2CCN(C3CCCCC3O)CC2)cc1. The van der Waals surface area contributed by atoms with Crippen molar-refractivity contribution in [2.75, 3.05) is 26.7 Å². The Morgan fingerprint density at radius 1 is 1.12 bits per heavy atom. The van der Waals surface area contributed by atoms with E-state index >= 15 is 0 Å². The molecule has 2 aliphatic rings. The van der Waals surface area contributed by atoms with Crippen LogP contribution in [0.15, 0.2) is 24.3 Å². The lowest BCUT2D eigenvalue weighted by Crippen LogP contribution is -2.51. The maximum atomic E-state index is 10.3. The van der Waals surface area contributed by atoms with Gasteiger partial charge in [-0.2, -0.15) is 0 Å². The average molecular weight is 347 g/mol. The van der Waals surface area contributed by atoms with Gasteiger partial charge in [0.2, 0.25) is 0 Å². The second-order valence-corrected chi connectivity index (χ2v) is 7.81. The lowest BCUT2D eigenvalue weighted by molar-refractivity contribution is 0.00719. The number of methoxy groups -OCH3 is 1. The van der Waals surface area contributed by atoms with Crippen LogP contribution in [0, 0.1) is 0 Å². The van der Waals surface area contributed by atoms with E-state index in [0.717, 1.165) is 31.8 Å². The van der Waals surface area contributed by atoms with Gasteiger partial charge in [0.05, 0.1) is 13.2 Å². The number of hydrogen-bond donors (Lipinski definition) is 2. The number of nitrogens with one attached hydrogen (secondary N) is 1. The summed E-state index contributed by atoms with van der Waals surface area (Å²) in [5.74, 6) is 1.42.